The number of anilines is 1. The van der Waals surface area contributed by atoms with Crippen molar-refractivity contribution in [3.8, 4) is 18.5 Å². The van der Waals surface area contributed by atoms with Gasteiger partial charge in [0.1, 0.15) is 5.82 Å². The van der Waals surface area contributed by atoms with Gasteiger partial charge in [0.25, 0.3) is 0 Å². The smallest absolute Gasteiger partial charge is 0.318 e. The van der Waals surface area contributed by atoms with Crippen molar-refractivity contribution in [2.45, 2.75) is 82.8 Å². The number of hydrogen-bond donors (Lipinski definition) is 0. The first-order valence-electron chi connectivity index (χ1n) is 13.3. The van der Waals surface area contributed by atoms with Crippen molar-refractivity contribution in [3.63, 3.8) is 0 Å². The normalized spacial score (nSPS) is 33.2. The second kappa shape index (κ2) is 8.34. The highest BCUT2D eigenvalue weighted by atomic mass is 16.5. The molecule has 5 aliphatic rings. The monoisotopic (exact) mass is 449 g/mol. The van der Waals surface area contributed by atoms with E-state index in [1.807, 2.05) is 0 Å². The van der Waals surface area contributed by atoms with Crippen molar-refractivity contribution in [1.29, 1.82) is 0 Å². The van der Waals surface area contributed by atoms with E-state index in [0.29, 0.717) is 12.1 Å². The molecule has 0 aromatic carbocycles. The number of ether oxygens (including phenoxy) is 1. The first-order chi connectivity index (χ1) is 16.1. The number of terminal acetylenes is 1. The molecule has 2 aliphatic heterocycles. The molecule has 4 atom stereocenters. The molecule has 4 unspecified atom stereocenters. The molecule has 3 saturated carbocycles. The van der Waals surface area contributed by atoms with Gasteiger partial charge in [-0.3, -0.25) is 4.90 Å². The summed E-state index contributed by atoms with van der Waals surface area (Å²) in [5, 5.41) is 0. The average Bonchev–Trinajstić information content (AvgIpc) is 3.62. The van der Waals surface area contributed by atoms with E-state index in [2.05, 4.69) is 27.7 Å². The van der Waals surface area contributed by atoms with Gasteiger partial charge in [-0.05, 0) is 43.4 Å². The minimum Gasteiger partial charge on any atom is -0.467 e. The minimum absolute atomic E-state index is 0.160. The van der Waals surface area contributed by atoms with Crippen LogP contribution >= 0.6 is 0 Å². The van der Waals surface area contributed by atoms with Gasteiger partial charge in [-0.1, -0.05) is 45.5 Å². The van der Waals surface area contributed by atoms with Crippen LogP contribution in [0.3, 0.4) is 0 Å². The van der Waals surface area contributed by atoms with Gasteiger partial charge in [0, 0.05) is 50.4 Å². The molecule has 6 heteroatoms. The lowest BCUT2D eigenvalue weighted by molar-refractivity contribution is 0.00224. The topological polar surface area (TPSA) is 44.7 Å². The fourth-order valence-corrected chi connectivity index (χ4v) is 7.77. The standard InChI is InChI=1S/C27H39N5O/c1-4-32-16-15-31(18-27(32)12-13-27)25-21-11-14-30(17-22(21)28-26(29-25)33-3)23-10-6-9-20-8-5-7-19(2)24(20)23/h1,19-20,23-24H,5-18H2,2-3H3. The quantitative estimate of drug-likeness (QED) is 0.656. The second-order valence-electron chi connectivity index (χ2n) is 11.4. The Morgan fingerprint density at radius 3 is 2.64 bits per heavy atom. The summed E-state index contributed by atoms with van der Waals surface area (Å²) in [7, 11) is 1.69. The summed E-state index contributed by atoms with van der Waals surface area (Å²) < 4.78 is 5.60. The van der Waals surface area contributed by atoms with E-state index >= 15 is 0 Å². The van der Waals surface area contributed by atoms with Gasteiger partial charge >= 0.3 is 6.01 Å². The molecule has 33 heavy (non-hydrogen) atoms. The van der Waals surface area contributed by atoms with Gasteiger partial charge in [0.2, 0.25) is 0 Å². The molecule has 4 fully saturated rings. The van der Waals surface area contributed by atoms with E-state index in [1.54, 1.807) is 7.11 Å². The molecule has 0 radical (unpaired) electrons. The number of rotatable bonds is 3. The third kappa shape index (κ3) is 3.67. The van der Waals surface area contributed by atoms with Crippen LogP contribution in [0, 0.1) is 30.2 Å². The molecule has 0 amide bonds. The molecule has 1 saturated heterocycles. The Labute approximate surface area is 199 Å². The van der Waals surface area contributed by atoms with Crippen molar-refractivity contribution in [2.24, 2.45) is 17.8 Å². The molecule has 178 valence electrons. The number of methoxy groups -OCH3 is 1. The van der Waals surface area contributed by atoms with Crippen molar-refractivity contribution in [3.05, 3.63) is 11.3 Å². The van der Waals surface area contributed by atoms with Gasteiger partial charge in [-0.25, -0.2) is 0 Å². The van der Waals surface area contributed by atoms with Crippen LogP contribution < -0.4 is 9.64 Å². The lowest BCUT2D eigenvalue weighted by Gasteiger charge is -2.50. The molecule has 1 aromatic rings. The van der Waals surface area contributed by atoms with Crippen molar-refractivity contribution in [1.82, 2.24) is 19.8 Å². The highest BCUT2D eigenvalue weighted by Gasteiger charge is 2.51. The van der Waals surface area contributed by atoms with Gasteiger partial charge < -0.3 is 14.5 Å². The number of hydrogen-bond acceptors (Lipinski definition) is 6. The van der Waals surface area contributed by atoms with E-state index in [-0.39, 0.29) is 5.54 Å². The number of piperazine rings is 1. The van der Waals surface area contributed by atoms with Gasteiger partial charge in [-0.15, -0.1) is 0 Å². The maximum atomic E-state index is 5.81. The molecular weight excluding hydrogens is 410 g/mol. The molecule has 1 spiro atoms. The molecule has 1 aromatic heterocycles. The van der Waals surface area contributed by atoms with Crippen LogP contribution in [0.4, 0.5) is 5.82 Å². The van der Waals surface area contributed by atoms with Crippen molar-refractivity contribution < 1.29 is 4.74 Å². The first-order valence-corrected chi connectivity index (χ1v) is 13.3. The third-order valence-corrected chi connectivity index (χ3v) is 9.59. The van der Waals surface area contributed by atoms with E-state index in [1.165, 1.54) is 62.6 Å². The van der Waals surface area contributed by atoms with Gasteiger partial charge in [0.15, 0.2) is 0 Å². The van der Waals surface area contributed by atoms with Crippen molar-refractivity contribution in [2.75, 3.05) is 38.2 Å². The minimum atomic E-state index is 0.160. The third-order valence-electron chi connectivity index (χ3n) is 9.59. The maximum absolute atomic E-state index is 5.81. The van der Waals surface area contributed by atoms with Crippen LogP contribution in [0.5, 0.6) is 6.01 Å². The van der Waals surface area contributed by atoms with Crippen LogP contribution in [-0.4, -0.2) is 64.6 Å². The molecule has 0 bridgehead atoms. The predicted molar refractivity (Wildman–Crippen MR) is 130 cm³/mol. The van der Waals surface area contributed by atoms with Crippen LogP contribution in [0.15, 0.2) is 0 Å². The Morgan fingerprint density at radius 2 is 1.88 bits per heavy atom. The van der Waals surface area contributed by atoms with Crippen LogP contribution in [0.25, 0.3) is 0 Å². The van der Waals surface area contributed by atoms with E-state index < -0.39 is 0 Å². The summed E-state index contributed by atoms with van der Waals surface area (Å²) in [5.41, 5.74) is 2.70. The fourth-order valence-electron chi connectivity index (χ4n) is 7.77. The number of nitrogens with zero attached hydrogens (tertiary/aromatic N) is 5. The number of fused-ring (bicyclic) bond motifs is 2. The van der Waals surface area contributed by atoms with Crippen LogP contribution in [0.2, 0.25) is 0 Å². The Bertz CT molecular complexity index is 935. The average molecular weight is 450 g/mol. The van der Waals surface area contributed by atoms with Crippen LogP contribution in [-0.2, 0) is 13.0 Å². The van der Waals surface area contributed by atoms with Crippen LogP contribution in [0.1, 0.15) is 69.5 Å². The summed E-state index contributed by atoms with van der Waals surface area (Å²) in [6.45, 7) is 7.39. The predicted octanol–water partition coefficient (Wildman–Crippen LogP) is 3.69. The molecular formula is C27H39N5O. The maximum Gasteiger partial charge on any atom is 0.318 e. The highest BCUT2D eigenvalue weighted by Crippen LogP contribution is 2.47. The summed E-state index contributed by atoms with van der Waals surface area (Å²) >= 11 is 0. The number of aromatic nitrogens is 2. The zero-order chi connectivity index (χ0) is 22.6. The summed E-state index contributed by atoms with van der Waals surface area (Å²) in [6, 6.07) is 4.15. The van der Waals surface area contributed by atoms with Gasteiger partial charge in [0.05, 0.1) is 18.3 Å². The molecule has 3 aliphatic carbocycles. The second-order valence-corrected chi connectivity index (χ2v) is 11.4. The fraction of sp³-hybridized carbons (Fsp3) is 0.778. The lowest BCUT2D eigenvalue weighted by Crippen LogP contribution is -2.54. The highest BCUT2D eigenvalue weighted by molar-refractivity contribution is 5.53. The summed E-state index contributed by atoms with van der Waals surface area (Å²) in [4.78, 5) is 17.3. The van der Waals surface area contributed by atoms with Gasteiger partial charge in [-0.2, -0.15) is 9.97 Å². The zero-order valence-electron chi connectivity index (χ0n) is 20.4. The van der Waals surface area contributed by atoms with E-state index in [4.69, 9.17) is 21.1 Å². The van der Waals surface area contributed by atoms with E-state index in [9.17, 15) is 0 Å². The Morgan fingerprint density at radius 1 is 1.06 bits per heavy atom. The Hall–Kier alpha value is -2.00. The SMILES string of the molecule is C#CN1CCN(c2nc(OC)nc3c2CCN(C2CCCC4CCCC(C)C42)C3)CC12CC2. The van der Waals surface area contributed by atoms with Crippen molar-refractivity contribution >= 4 is 5.82 Å². The lowest BCUT2D eigenvalue weighted by atomic mass is 9.63. The molecule has 0 N–H and O–H groups in total. The molecule has 3 heterocycles. The van der Waals surface area contributed by atoms with E-state index in [0.717, 1.165) is 62.7 Å². The molecule has 6 nitrogen and oxygen atoms in total. The summed E-state index contributed by atoms with van der Waals surface area (Å²) in [5.74, 6) is 3.76. The Balaban J connectivity index is 1.27. The largest absolute Gasteiger partial charge is 0.467 e. The first kappa shape index (κ1) is 21.5. The Kier molecular flexibility index (Phi) is 5.44. The summed E-state index contributed by atoms with van der Waals surface area (Å²) in [6.07, 6.45) is 17.7. The zero-order valence-corrected chi connectivity index (χ0v) is 20.4. The molecule has 6 rings (SSSR count).